The van der Waals surface area contributed by atoms with Crippen molar-refractivity contribution in [2.24, 2.45) is 0 Å². The number of ether oxygens (including phenoxy) is 1. The van der Waals surface area contributed by atoms with E-state index in [-0.39, 0.29) is 17.4 Å². The summed E-state index contributed by atoms with van der Waals surface area (Å²) >= 11 is 6.41. The topological polar surface area (TPSA) is 54.5 Å². The third-order valence-corrected chi connectivity index (χ3v) is 5.47. The average molecular weight is 426 g/mol. The Kier molecular flexibility index (Phi) is 5.97. The van der Waals surface area contributed by atoms with Crippen molar-refractivity contribution >= 4 is 17.5 Å². The molecular formula is C23H21ClFN3O2. The number of nitrogens with zero attached hydrogens (tertiary/aromatic N) is 2. The Morgan fingerprint density at radius 3 is 2.77 bits per heavy atom. The highest BCUT2D eigenvalue weighted by molar-refractivity contribution is 6.31. The van der Waals surface area contributed by atoms with Crippen molar-refractivity contribution < 1.29 is 13.9 Å². The minimum absolute atomic E-state index is 0.145. The number of carbonyl (C=O) groups excluding carboxylic acids is 1. The first-order chi connectivity index (χ1) is 14.6. The van der Waals surface area contributed by atoms with Gasteiger partial charge in [-0.2, -0.15) is 0 Å². The standard InChI is InChI=1S/C23H21ClFN3O2/c1-30-20-13-18(24)17(22(25)21(20)16-5-3-2-4-6-16)11-15-7-8-27-19(12-15)23(29)28-10-9-26-14-28/h2-8,12-13,26H,9-11,14H2,1H3. The summed E-state index contributed by atoms with van der Waals surface area (Å²) in [5.41, 5.74) is 2.52. The number of methoxy groups -OCH3 is 1. The molecule has 0 bridgehead atoms. The van der Waals surface area contributed by atoms with E-state index in [1.165, 1.54) is 7.11 Å². The highest BCUT2D eigenvalue weighted by atomic mass is 35.5. The molecule has 0 atom stereocenters. The molecule has 2 aromatic carbocycles. The van der Waals surface area contributed by atoms with E-state index in [1.807, 2.05) is 30.3 Å². The Morgan fingerprint density at radius 2 is 2.07 bits per heavy atom. The van der Waals surface area contributed by atoms with Crippen molar-refractivity contribution in [1.29, 1.82) is 0 Å². The van der Waals surface area contributed by atoms with Crippen LogP contribution in [0.1, 0.15) is 21.6 Å². The van der Waals surface area contributed by atoms with Crippen LogP contribution in [0.2, 0.25) is 5.02 Å². The Balaban J connectivity index is 1.70. The molecule has 5 nitrogen and oxygen atoms in total. The molecule has 0 radical (unpaired) electrons. The molecule has 1 aromatic heterocycles. The van der Waals surface area contributed by atoms with Crippen LogP contribution in [0.15, 0.2) is 54.7 Å². The molecule has 0 aliphatic carbocycles. The van der Waals surface area contributed by atoms with Crippen molar-refractivity contribution in [2.75, 3.05) is 26.9 Å². The number of rotatable bonds is 5. The van der Waals surface area contributed by atoms with E-state index in [2.05, 4.69) is 10.3 Å². The van der Waals surface area contributed by atoms with Crippen molar-refractivity contribution in [1.82, 2.24) is 15.2 Å². The number of pyridine rings is 1. The number of halogens is 2. The summed E-state index contributed by atoms with van der Waals surface area (Å²) in [7, 11) is 1.49. The van der Waals surface area contributed by atoms with E-state index < -0.39 is 5.82 Å². The molecule has 1 N–H and O–H groups in total. The quantitative estimate of drug-likeness (QED) is 0.667. The van der Waals surface area contributed by atoms with Gasteiger partial charge in [-0.25, -0.2) is 4.39 Å². The van der Waals surface area contributed by atoms with Crippen molar-refractivity contribution in [3.8, 4) is 16.9 Å². The van der Waals surface area contributed by atoms with Gasteiger partial charge in [0.1, 0.15) is 17.3 Å². The first kappa shape index (κ1) is 20.3. The minimum Gasteiger partial charge on any atom is -0.496 e. The molecule has 1 aliphatic rings. The number of nitrogens with one attached hydrogen (secondary N) is 1. The fourth-order valence-electron chi connectivity index (χ4n) is 3.58. The second-order valence-corrected chi connectivity index (χ2v) is 7.45. The summed E-state index contributed by atoms with van der Waals surface area (Å²) in [5, 5.41) is 3.40. The van der Waals surface area contributed by atoms with Crippen LogP contribution in [0.4, 0.5) is 4.39 Å². The Labute approximate surface area is 179 Å². The maximum atomic E-state index is 15.6. The maximum Gasteiger partial charge on any atom is 0.273 e. The predicted octanol–water partition coefficient (Wildman–Crippen LogP) is 4.14. The lowest BCUT2D eigenvalue weighted by molar-refractivity contribution is 0.0785. The van der Waals surface area contributed by atoms with E-state index in [9.17, 15) is 4.79 Å². The van der Waals surface area contributed by atoms with Crippen molar-refractivity contribution in [3.05, 3.63) is 82.4 Å². The zero-order valence-electron chi connectivity index (χ0n) is 16.5. The largest absolute Gasteiger partial charge is 0.496 e. The van der Waals surface area contributed by atoms with E-state index in [1.54, 1.807) is 29.3 Å². The molecule has 0 spiro atoms. The van der Waals surface area contributed by atoms with Gasteiger partial charge in [0.05, 0.1) is 24.4 Å². The molecule has 154 valence electrons. The van der Waals surface area contributed by atoms with Gasteiger partial charge in [-0.15, -0.1) is 0 Å². The second kappa shape index (κ2) is 8.81. The first-order valence-electron chi connectivity index (χ1n) is 9.63. The number of benzene rings is 2. The number of hydrogen-bond donors (Lipinski definition) is 1. The minimum atomic E-state index is -0.431. The third-order valence-electron chi connectivity index (χ3n) is 5.13. The lowest BCUT2D eigenvalue weighted by Gasteiger charge is -2.16. The Morgan fingerprint density at radius 1 is 1.27 bits per heavy atom. The fourth-order valence-corrected chi connectivity index (χ4v) is 3.83. The van der Waals surface area contributed by atoms with E-state index in [0.29, 0.717) is 41.3 Å². The van der Waals surface area contributed by atoms with Crippen LogP contribution in [0.5, 0.6) is 5.75 Å². The van der Waals surface area contributed by atoms with Crippen LogP contribution >= 0.6 is 11.6 Å². The van der Waals surface area contributed by atoms with Crippen LogP contribution < -0.4 is 10.1 Å². The van der Waals surface area contributed by atoms with Gasteiger partial charge in [-0.1, -0.05) is 41.9 Å². The SMILES string of the molecule is COc1cc(Cl)c(Cc2ccnc(C(=O)N3CCNC3)c2)c(F)c1-c1ccccc1. The number of hydrogen-bond acceptors (Lipinski definition) is 4. The van der Waals surface area contributed by atoms with Gasteiger partial charge < -0.3 is 9.64 Å². The molecule has 1 aliphatic heterocycles. The summed E-state index contributed by atoms with van der Waals surface area (Å²) in [6.45, 7) is 1.91. The van der Waals surface area contributed by atoms with Gasteiger partial charge in [-0.05, 0) is 29.3 Å². The lowest BCUT2D eigenvalue weighted by atomic mass is 9.97. The smallest absolute Gasteiger partial charge is 0.273 e. The lowest BCUT2D eigenvalue weighted by Crippen LogP contribution is -2.30. The van der Waals surface area contributed by atoms with Crippen LogP contribution in [-0.4, -0.2) is 42.7 Å². The summed E-state index contributed by atoms with van der Waals surface area (Å²) < 4.78 is 21.0. The zero-order valence-corrected chi connectivity index (χ0v) is 17.2. The summed E-state index contributed by atoms with van der Waals surface area (Å²) in [5.74, 6) is -0.202. The van der Waals surface area contributed by atoms with Gasteiger partial charge in [0.15, 0.2) is 0 Å². The fraction of sp³-hybridized carbons (Fsp3) is 0.217. The van der Waals surface area contributed by atoms with Crippen LogP contribution in [-0.2, 0) is 6.42 Å². The van der Waals surface area contributed by atoms with Crippen molar-refractivity contribution in [3.63, 3.8) is 0 Å². The number of carbonyl (C=O) groups is 1. The van der Waals surface area contributed by atoms with Gasteiger partial charge in [-0.3, -0.25) is 15.1 Å². The molecule has 0 saturated carbocycles. The third kappa shape index (κ3) is 4.01. The van der Waals surface area contributed by atoms with Crippen LogP contribution in [0.3, 0.4) is 0 Å². The molecule has 2 heterocycles. The summed E-state index contributed by atoms with van der Waals surface area (Å²) in [6, 6.07) is 14.3. The molecule has 7 heteroatoms. The van der Waals surface area contributed by atoms with Gasteiger partial charge in [0.25, 0.3) is 5.91 Å². The van der Waals surface area contributed by atoms with Crippen LogP contribution in [0.25, 0.3) is 11.1 Å². The average Bonchev–Trinajstić information content (AvgIpc) is 3.31. The number of aromatic nitrogens is 1. The zero-order chi connectivity index (χ0) is 21.1. The predicted molar refractivity (Wildman–Crippen MR) is 114 cm³/mol. The Bertz CT molecular complexity index is 1070. The van der Waals surface area contributed by atoms with E-state index >= 15 is 4.39 Å². The molecule has 1 amide bonds. The van der Waals surface area contributed by atoms with Crippen LogP contribution in [0, 0.1) is 5.82 Å². The first-order valence-corrected chi connectivity index (χ1v) is 10.0. The molecule has 1 fully saturated rings. The molecule has 0 unspecified atom stereocenters. The van der Waals surface area contributed by atoms with Gasteiger partial charge in [0, 0.05) is 31.3 Å². The maximum absolute atomic E-state index is 15.6. The van der Waals surface area contributed by atoms with E-state index in [0.717, 1.165) is 12.1 Å². The summed E-state index contributed by atoms with van der Waals surface area (Å²) in [6.07, 6.45) is 1.80. The molecule has 4 rings (SSSR count). The monoisotopic (exact) mass is 425 g/mol. The molecule has 3 aromatic rings. The van der Waals surface area contributed by atoms with Gasteiger partial charge >= 0.3 is 0 Å². The second-order valence-electron chi connectivity index (χ2n) is 7.05. The molecule has 30 heavy (non-hydrogen) atoms. The molecule has 1 saturated heterocycles. The van der Waals surface area contributed by atoms with Gasteiger partial charge in [0.2, 0.25) is 0 Å². The van der Waals surface area contributed by atoms with E-state index in [4.69, 9.17) is 16.3 Å². The highest BCUT2D eigenvalue weighted by Crippen LogP contribution is 2.39. The Hall–Kier alpha value is -2.96. The highest BCUT2D eigenvalue weighted by Gasteiger charge is 2.22. The van der Waals surface area contributed by atoms with Crippen molar-refractivity contribution in [2.45, 2.75) is 6.42 Å². The number of amides is 1. The summed E-state index contributed by atoms with van der Waals surface area (Å²) in [4.78, 5) is 18.5. The molecular weight excluding hydrogens is 405 g/mol. The normalized spacial score (nSPS) is 13.5.